The summed E-state index contributed by atoms with van der Waals surface area (Å²) in [4.78, 5) is 12.4. The largest absolute Gasteiger partial charge is 0.326 e. The van der Waals surface area contributed by atoms with Crippen molar-refractivity contribution in [2.75, 3.05) is 0 Å². The summed E-state index contributed by atoms with van der Waals surface area (Å²) in [7, 11) is 0. The van der Waals surface area contributed by atoms with Gasteiger partial charge in [0.2, 0.25) is 0 Å². The Labute approximate surface area is 102 Å². The first-order valence-electron chi connectivity index (χ1n) is 5.45. The third kappa shape index (κ3) is 1.55. The lowest BCUT2D eigenvalue weighted by molar-refractivity contribution is 1.09. The molecule has 0 aliphatic carbocycles. The first-order valence-corrected chi connectivity index (χ1v) is 6.26. The van der Waals surface area contributed by atoms with Crippen LogP contribution in [0.1, 0.15) is 5.56 Å². The van der Waals surface area contributed by atoms with E-state index in [1.54, 1.807) is 11.3 Å². The molecule has 3 aromatic rings. The molecule has 0 fully saturated rings. The SMILES string of the molecule is NCc1cccc2sc3ccccc3c(=O)c12. The molecule has 84 valence electrons. The molecule has 1 aromatic heterocycles. The van der Waals surface area contributed by atoms with E-state index in [1.165, 1.54) is 0 Å². The Bertz CT molecular complexity index is 761. The zero-order valence-corrected chi connectivity index (χ0v) is 9.96. The molecule has 0 unspecified atom stereocenters. The van der Waals surface area contributed by atoms with Gasteiger partial charge in [0.1, 0.15) is 0 Å². The summed E-state index contributed by atoms with van der Waals surface area (Å²) in [6.07, 6.45) is 0. The van der Waals surface area contributed by atoms with Gasteiger partial charge in [0, 0.05) is 26.7 Å². The molecule has 2 aromatic carbocycles. The van der Waals surface area contributed by atoms with Crippen LogP contribution in [0.2, 0.25) is 0 Å². The summed E-state index contributed by atoms with van der Waals surface area (Å²) in [5.41, 5.74) is 6.71. The van der Waals surface area contributed by atoms with Crippen molar-refractivity contribution in [3.05, 3.63) is 58.3 Å². The minimum atomic E-state index is 0.0930. The molecule has 2 N–H and O–H groups in total. The van der Waals surface area contributed by atoms with E-state index >= 15 is 0 Å². The Hall–Kier alpha value is -1.71. The minimum absolute atomic E-state index is 0.0930. The summed E-state index contributed by atoms with van der Waals surface area (Å²) in [5.74, 6) is 0. The third-order valence-corrected chi connectivity index (χ3v) is 4.05. The lowest BCUT2D eigenvalue weighted by atomic mass is 10.1. The fraction of sp³-hybridized carbons (Fsp3) is 0.0714. The smallest absolute Gasteiger partial charge is 0.196 e. The summed E-state index contributed by atoms with van der Waals surface area (Å²) in [6, 6.07) is 13.6. The van der Waals surface area contributed by atoms with Crippen LogP contribution in [-0.4, -0.2) is 0 Å². The van der Waals surface area contributed by atoms with Crippen LogP contribution in [0.3, 0.4) is 0 Å². The molecular formula is C14H11NOS. The number of hydrogen-bond acceptors (Lipinski definition) is 3. The monoisotopic (exact) mass is 241 g/mol. The van der Waals surface area contributed by atoms with Crippen LogP contribution >= 0.6 is 11.3 Å². The Morgan fingerprint density at radius 1 is 1.00 bits per heavy atom. The van der Waals surface area contributed by atoms with Gasteiger partial charge in [0.15, 0.2) is 5.43 Å². The highest BCUT2D eigenvalue weighted by atomic mass is 32.1. The molecule has 3 heteroatoms. The van der Waals surface area contributed by atoms with Gasteiger partial charge in [-0.15, -0.1) is 11.3 Å². The van der Waals surface area contributed by atoms with Gasteiger partial charge in [-0.25, -0.2) is 0 Å². The van der Waals surface area contributed by atoms with E-state index in [2.05, 4.69) is 0 Å². The molecule has 1 heterocycles. The van der Waals surface area contributed by atoms with Crippen LogP contribution in [0, 0.1) is 0 Å². The number of nitrogens with two attached hydrogens (primary N) is 1. The topological polar surface area (TPSA) is 43.1 Å². The maximum atomic E-state index is 12.4. The zero-order valence-electron chi connectivity index (χ0n) is 9.14. The summed E-state index contributed by atoms with van der Waals surface area (Å²) in [6.45, 7) is 0.400. The average Bonchev–Trinajstić information content (AvgIpc) is 2.38. The molecule has 0 atom stereocenters. The van der Waals surface area contributed by atoms with E-state index in [0.29, 0.717) is 6.54 Å². The normalized spacial score (nSPS) is 11.1. The number of benzene rings is 2. The first kappa shape index (κ1) is 10.4. The van der Waals surface area contributed by atoms with Crippen molar-refractivity contribution in [1.29, 1.82) is 0 Å². The van der Waals surface area contributed by atoms with E-state index in [4.69, 9.17) is 5.73 Å². The van der Waals surface area contributed by atoms with Crippen LogP contribution in [0.15, 0.2) is 47.3 Å². The molecule has 0 amide bonds. The highest BCUT2D eigenvalue weighted by molar-refractivity contribution is 7.24. The highest BCUT2D eigenvalue weighted by Gasteiger charge is 2.08. The van der Waals surface area contributed by atoms with Crippen LogP contribution < -0.4 is 11.2 Å². The van der Waals surface area contributed by atoms with Crippen LogP contribution in [0.5, 0.6) is 0 Å². The van der Waals surface area contributed by atoms with Gasteiger partial charge in [-0.1, -0.05) is 24.3 Å². The van der Waals surface area contributed by atoms with Crippen LogP contribution in [-0.2, 0) is 6.54 Å². The van der Waals surface area contributed by atoms with Gasteiger partial charge in [-0.2, -0.15) is 0 Å². The van der Waals surface area contributed by atoms with Gasteiger partial charge in [0.25, 0.3) is 0 Å². The highest BCUT2D eigenvalue weighted by Crippen LogP contribution is 2.26. The predicted molar refractivity (Wildman–Crippen MR) is 73.5 cm³/mol. The Kier molecular flexibility index (Phi) is 2.42. The van der Waals surface area contributed by atoms with E-state index in [0.717, 1.165) is 25.7 Å². The summed E-state index contributed by atoms with van der Waals surface area (Å²) in [5, 5.41) is 1.56. The fourth-order valence-electron chi connectivity index (χ4n) is 2.09. The van der Waals surface area contributed by atoms with Gasteiger partial charge in [0.05, 0.1) is 0 Å². The second-order valence-corrected chi connectivity index (χ2v) is 5.01. The Morgan fingerprint density at radius 2 is 1.76 bits per heavy atom. The summed E-state index contributed by atoms with van der Waals surface area (Å²) >= 11 is 1.64. The molecule has 0 bridgehead atoms. The van der Waals surface area contributed by atoms with Crippen molar-refractivity contribution in [1.82, 2.24) is 0 Å². The van der Waals surface area contributed by atoms with Crippen LogP contribution in [0.4, 0.5) is 0 Å². The number of fused-ring (bicyclic) bond motifs is 2. The zero-order chi connectivity index (χ0) is 11.8. The lowest BCUT2D eigenvalue weighted by Crippen LogP contribution is -2.06. The molecule has 3 rings (SSSR count). The molecule has 0 saturated carbocycles. The summed E-state index contributed by atoms with van der Waals surface area (Å²) < 4.78 is 2.04. The quantitative estimate of drug-likeness (QED) is 0.666. The van der Waals surface area contributed by atoms with E-state index in [-0.39, 0.29) is 5.43 Å². The van der Waals surface area contributed by atoms with Crippen molar-refractivity contribution >= 4 is 31.5 Å². The average molecular weight is 241 g/mol. The molecule has 0 saturated heterocycles. The maximum absolute atomic E-state index is 12.4. The fourth-order valence-corrected chi connectivity index (χ4v) is 3.21. The lowest BCUT2D eigenvalue weighted by Gasteiger charge is -2.04. The Balaban J connectivity index is 2.60. The molecule has 17 heavy (non-hydrogen) atoms. The first-order chi connectivity index (χ1) is 8.31. The second kappa shape index (κ2) is 3.95. The molecule has 0 spiro atoms. The minimum Gasteiger partial charge on any atom is -0.326 e. The van der Waals surface area contributed by atoms with Gasteiger partial charge >= 0.3 is 0 Å². The number of hydrogen-bond donors (Lipinski definition) is 1. The standard InChI is InChI=1S/C14H11NOS/c15-8-9-4-3-7-12-13(9)14(16)10-5-1-2-6-11(10)17-12/h1-7H,8,15H2. The molecule has 0 aliphatic rings. The van der Waals surface area contributed by atoms with Crippen molar-refractivity contribution in [3.63, 3.8) is 0 Å². The van der Waals surface area contributed by atoms with E-state index < -0.39 is 0 Å². The third-order valence-electron chi connectivity index (χ3n) is 2.91. The molecule has 0 radical (unpaired) electrons. The maximum Gasteiger partial charge on any atom is 0.196 e. The molecule has 2 nitrogen and oxygen atoms in total. The number of rotatable bonds is 1. The van der Waals surface area contributed by atoms with Crippen LogP contribution in [0.25, 0.3) is 20.2 Å². The Morgan fingerprint density at radius 3 is 2.59 bits per heavy atom. The molecular weight excluding hydrogens is 230 g/mol. The molecule has 0 aliphatic heterocycles. The van der Waals surface area contributed by atoms with Crippen molar-refractivity contribution < 1.29 is 0 Å². The van der Waals surface area contributed by atoms with Gasteiger partial charge < -0.3 is 5.73 Å². The van der Waals surface area contributed by atoms with Gasteiger partial charge in [-0.3, -0.25) is 4.79 Å². The van der Waals surface area contributed by atoms with Gasteiger partial charge in [-0.05, 0) is 23.8 Å². The second-order valence-electron chi connectivity index (χ2n) is 3.92. The van der Waals surface area contributed by atoms with Crippen molar-refractivity contribution in [3.8, 4) is 0 Å². The van der Waals surface area contributed by atoms with Crippen molar-refractivity contribution in [2.45, 2.75) is 6.54 Å². The van der Waals surface area contributed by atoms with E-state index in [9.17, 15) is 4.79 Å². The van der Waals surface area contributed by atoms with E-state index in [1.807, 2.05) is 42.5 Å². The van der Waals surface area contributed by atoms with Crippen molar-refractivity contribution in [2.24, 2.45) is 5.73 Å². The predicted octanol–water partition coefficient (Wildman–Crippen LogP) is 2.87.